The molecule has 5 rings (SSSR count). The number of nitrogens with one attached hydrogen (secondary N) is 1. The van der Waals surface area contributed by atoms with Gasteiger partial charge in [0, 0.05) is 6.04 Å². The van der Waals surface area contributed by atoms with Crippen LogP contribution in [0.2, 0.25) is 0 Å². The van der Waals surface area contributed by atoms with Crippen LogP contribution < -0.4 is 5.32 Å². The number of hydrogen-bond donors (Lipinski definition) is 1. The van der Waals surface area contributed by atoms with E-state index < -0.39 is 0 Å². The molecule has 0 radical (unpaired) electrons. The van der Waals surface area contributed by atoms with Crippen LogP contribution >= 0.6 is 0 Å². The third kappa shape index (κ3) is 2.25. The Morgan fingerprint density at radius 1 is 1.10 bits per heavy atom. The molecule has 4 atom stereocenters. The van der Waals surface area contributed by atoms with Crippen molar-refractivity contribution < 1.29 is 0 Å². The van der Waals surface area contributed by atoms with E-state index in [4.69, 9.17) is 0 Å². The minimum absolute atomic E-state index is 0.582. The lowest BCUT2D eigenvalue weighted by atomic mass is 9.43. The zero-order valence-electron chi connectivity index (χ0n) is 13.5. The molecule has 0 spiro atoms. The van der Waals surface area contributed by atoms with Gasteiger partial charge in [-0.15, -0.1) is 0 Å². The third-order valence-electron chi connectivity index (χ3n) is 6.82. The molecule has 4 bridgehead atoms. The maximum Gasteiger partial charge on any atom is 0.00412 e. The highest BCUT2D eigenvalue weighted by Crippen LogP contribution is 2.67. The number of benzene rings is 1. The quantitative estimate of drug-likeness (QED) is 0.852. The van der Waals surface area contributed by atoms with E-state index in [2.05, 4.69) is 49.6 Å². The molecule has 21 heavy (non-hydrogen) atoms. The molecule has 1 heteroatoms. The van der Waals surface area contributed by atoms with Crippen LogP contribution in [-0.4, -0.2) is 13.1 Å². The van der Waals surface area contributed by atoms with E-state index in [0.717, 1.165) is 23.7 Å². The molecule has 0 heterocycles. The molecule has 0 saturated heterocycles. The summed E-state index contributed by atoms with van der Waals surface area (Å²) in [6.07, 6.45) is 8.90. The normalized spacial score (nSPS) is 42.2. The minimum Gasteiger partial charge on any atom is -0.317 e. The van der Waals surface area contributed by atoms with Crippen molar-refractivity contribution in [2.24, 2.45) is 23.2 Å². The molecule has 4 aliphatic carbocycles. The molecule has 0 amide bonds. The molecule has 0 aromatic heterocycles. The topological polar surface area (TPSA) is 12.0 Å². The highest BCUT2D eigenvalue weighted by atomic mass is 14.9. The fraction of sp³-hybridized carbons (Fsp3) is 0.700. The Morgan fingerprint density at radius 3 is 2.38 bits per heavy atom. The summed E-state index contributed by atoms with van der Waals surface area (Å²) in [7, 11) is 2.13. The van der Waals surface area contributed by atoms with Crippen molar-refractivity contribution in [1.82, 2.24) is 5.32 Å². The monoisotopic (exact) mass is 283 g/mol. The van der Waals surface area contributed by atoms with Crippen LogP contribution in [0.3, 0.4) is 0 Å². The lowest BCUT2D eigenvalue weighted by molar-refractivity contribution is -0.0835. The van der Waals surface area contributed by atoms with Crippen LogP contribution in [0, 0.1) is 23.2 Å². The van der Waals surface area contributed by atoms with E-state index in [1.165, 1.54) is 38.5 Å². The third-order valence-corrected chi connectivity index (χ3v) is 6.82. The minimum atomic E-state index is 0.582. The SMILES string of the molecule is CN[C@@H](C)CC12C[C@@H]3CC(C[C@H](C3)C1)[C@@H]2c1ccccc1. The second-order valence-electron chi connectivity index (χ2n) is 8.25. The van der Waals surface area contributed by atoms with Crippen LogP contribution in [0.1, 0.15) is 56.9 Å². The fourth-order valence-corrected chi connectivity index (χ4v) is 6.50. The highest BCUT2D eigenvalue weighted by Gasteiger charge is 2.57. The van der Waals surface area contributed by atoms with Gasteiger partial charge < -0.3 is 5.32 Å². The van der Waals surface area contributed by atoms with Crippen molar-refractivity contribution in [3.05, 3.63) is 35.9 Å². The van der Waals surface area contributed by atoms with Crippen molar-refractivity contribution in [2.45, 2.75) is 57.4 Å². The molecule has 4 aliphatic rings. The molecule has 4 saturated carbocycles. The predicted octanol–water partition coefficient (Wildman–Crippen LogP) is 4.59. The summed E-state index contributed by atoms with van der Waals surface area (Å²) in [5.41, 5.74) is 2.21. The van der Waals surface area contributed by atoms with Gasteiger partial charge in [0.25, 0.3) is 0 Å². The second kappa shape index (κ2) is 5.12. The Bertz CT molecular complexity index is 480. The first-order valence-corrected chi connectivity index (χ1v) is 8.92. The van der Waals surface area contributed by atoms with Crippen LogP contribution in [0.5, 0.6) is 0 Å². The van der Waals surface area contributed by atoms with Crippen molar-refractivity contribution in [3.8, 4) is 0 Å². The standard InChI is InChI=1S/C20H29N/c1-14(21-2)11-20-12-15-8-16(13-20)10-18(9-15)19(20)17-6-4-3-5-7-17/h3-7,14-16,18-19,21H,8-13H2,1-2H3/t14-,15-,16-,18?,19-,20?/m0/s1. The summed E-state index contributed by atoms with van der Waals surface area (Å²) >= 11 is 0. The summed E-state index contributed by atoms with van der Waals surface area (Å²) in [6.45, 7) is 2.38. The molecule has 0 unspecified atom stereocenters. The first kappa shape index (κ1) is 13.8. The molecular formula is C20H29N. The van der Waals surface area contributed by atoms with Gasteiger partial charge in [0.1, 0.15) is 0 Å². The molecule has 4 fully saturated rings. The molecule has 1 aromatic carbocycles. The van der Waals surface area contributed by atoms with E-state index in [0.29, 0.717) is 11.5 Å². The van der Waals surface area contributed by atoms with Gasteiger partial charge in [0.15, 0.2) is 0 Å². The van der Waals surface area contributed by atoms with Gasteiger partial charge in [-0.25, -0.2) is 0 Å². The lowest BCUT2D eigenvalue weighted by Crippen LogP contribution is -2.53. The summed E-state index contributed by atoms with van der Waals surface area (Å²) in [5.74, 6) is 3.85. The zero-order chi connectivity index (χ0) is 14.4. The zero-order valence-corrected chi connectivity index (χ0v) is 13.5. The summed E-state index contributed by atoms with van der Waals surface area (Å²) < 4.78 is 0. The molecule has 1 aromatic rings. The Hall–Kier alpha value is -0.820. The Kier molecular flexibility index (Phi) is 3.37. The molecular weight excluding hydrogens is 254 g/mol. The van der Waals surface area contributed by atoms with Crippen molar-refractivity contribution in [2.75, 3.05) is 7.05 Å². The van der Waals surface area contributed by atoms with Gasteiger partial charge in [-0.1, -0.05) is 30.3 Å². The van der Waals surface area contributed by atoms with E-state index in [1.807, 2.05) is 0 Å². The van der Waals surface area contributed by atoms with E-state index in [9.17, 15) is 0 Å². The predicted molar refractivity (Wildman–Crippen MR) is 88.3 cm³/mol. The first-order valence-electron chi connectivity index (χ1n) is 8.92. The van der Waals surface area contributed by atoms with Gasteiger partial charge in [0.2, 0.25) is 0 Å². The number of rotatable bonds is 4. The second-order valence-corrected chi connectivity index (χ2v) is 8.25. The summed E-state index contributed by atoms with van der Waals surface area (Å²) in [4.78, 5) is 0. The summed E-state index contributed by atoms with van der Waals surface area (Å²) in [6, 6.07) is 12.1. The van der Waals surface area contributed by atoms with Gasteiger partial charge in [-0.05, 0) is 87.1 Å². The van der Waals surface area contributed by atoms with E-state index in [-0.39, 0.29) is 0 Å². The van der Waals surface area contributed by atoms with Crippen LogP contribution in [-0.2, 0) is 0 Å². The Morgan fingerprint density at radius 2 is 1.76 bits per heavy atom. The van der Waals surface area contributed by atoms with Gasteiger partial charge in [-0.2, -0.15) is 0 Å². The van der Waals surface area contributed by atoms with Gasteiger partial charge in [0.05, 0.1) is 0 Å². The molecule has 0 aliphatic heterocycles. The van der Waals surface area contributed by atoms with E-state index in [1.54, 1.807) is 5.56 Å². The smallest absolute Gasteiger partial charge is 0.00412 e. The fourth-order valence-electron chi connectivity index (χ4n) is 6.50. The maximum atomic E-state index is 3.51. The first-order chi connectivity index (χ1) is 10.2. The Balaban J connectivity index is 1.72. The van der Waals surface area contributed by atoms with Crippen LogP contribution in [0.15, 0.2) is 30.3 Å². The Labute approximate surface area is 129 Å². The molecule has 1 nitrogen and oxygen atoms in total. The van der Waals surface area contributed by atoms with Gasteiger partial charge >= 0.3 is 0 Å². The van der Waals surface area contributed by atoms with Crippen molar-refractivity contribution >= 4 is 0 Å². The van der Waals surface area contributed by atoms with Crippen LogP contribution in [0.25, 0.3) is 0 Å². The highest BCUT2D eigenvalue weighted by molar-refractivity contribution is 5.27. The maximum absolute atomic E-state index is 3.51. The van der Waals surface area contributed by atoms with Crippen molar-refractivity contribution in [1.29, 1.82) is 0 Å². The largest absolute Gasteiger partial charge is 0.317 e. The lowest BCUT2D eigenvalue weighted by Gasteiger charge is -2.62. The van der Waals surface area contributed by atoms with Crippen molar-refractivity contribution in [3.63, 3.8) is 0 Å². The van der Waals surface area contributed by atoms with E-state index >= 15 is 0 Å². The number of hydrogen-bond acceptors (Lipinski definition) is 1. The van der Waals surface area contributed by atoms with Gasteiger partial charge in [-0.3, -0.25) is 0 Å². The van der Waals surface area contributed by atoms with Crippen LogP contribution in [0.4, 0.5) is 0 Å². The average Bonchev–Trinajstić information content (AvgIpc) is 2.46. The average molecular weight is 283 g/mol. The molecule has 1 N–H and O–H groups in total. The molecule has 114 valence electrons. The summed E-state index contributed by atoms with van der Waals surface area (Å²) in [5, 5.41) is 3.51.